The third kappa shape index (κ3) is 4.19. The van der Waals surface area contributed by atoms with E-state index in [0.29, 0.717) is 11.5 Å². The van der Waals surface area contributed by atoms with E-state index < -0.39 is 0 Å². The van der Waals surface area contributed by atoms with Crippen molar-refractivity contribution in [2.75, 3.05) is 0 Å². The standard InChI is InChI=1S/C21H21N3O2/c1-16(22-25-18-10-6-4-7-11-18)20-14-15-21(24(20)3)17(2)23-26-19-12-8-5-9-13-19/h4-15H,1-3H3/b22-16+,23-17+. The van der Waals surface area contributed by atoms with Crippen LogP contribution >= 0.6 is 0 Å². The Balaban J connectivity index is 1.74. The van der Waals surface area contributed by atoms with Crippen LogP contribution in [0.3, 0.4) is 0 Å². The van der Waals surface area contributed by atoms with Crippen LogP contribution < -0.4 is 9.68 Å². The summed E-state index contributed by atoms with van der Waals surface area (Å²) in [6.07, 6.45) is 0. The Labute approximate surface area is 153 Å². The van der Waals surface area contributed by atoms with Crippen molar-refractivity contribution in [3.05, 3.63) is 84.2 Å². The maximum atomic E-state index is 5.47. The Hall–Kier alpha value is -3.34. The molecule has 5 heteroatoms. The lowest BCUT2D eigenvalue weighted by molar-refractivity contribution is 0.340. The number of benzene rings is 2. The fourth-order valence-electron chi connectivity index (χ4n) is 2.54. The summed E-state index contributed by atoms with van der Waals surface area (Å²) < 4.78 is 2.01. The quantitative estimate of drug-likeness (QED) is 0.482. The zero-order valence-electron chi connectivity index (χ0n) is 15.1. The van der Waals surface area contributed by atoms with Crippen molar-refractivity contribution >= 4 is 11.4 Å². The first kappa shape index (κ1) is 17.5. The van der Waals surface area contributed by atoms with Crippen LogP contribution in [0.15, 0.2) is 83.1 Å². The van der Waals surface area contributed by atoms with Crippen LogP contribution in [-0.4, -0.2) is 16.0 Å². The zero-order valence-corrected chi connectivity index (χ0v) is 15.1. The van der Waals surface area contributed by atoms with E-state index in [4.69, 9.17) is 9.68 Å². The van der Waals surface area contributed by atoms with Crippen molar-refractivity contribution in [2.24, 2.45) is 17.4 Å². The number of aromatic nitrogens is 1. The molecule has 132 valence electrons. The van der Waals surface area contributed by atoms with Crippen molar-refractivity contribution in [3.63, 3.8) is 0 Å². The molecule has 0 fully saturated rings. The van der Waals surface area contributed by atoms with Crippen LogP contribution in [-0.2, 0) is 7.05 Å². The van der Waals surface area contributed by atoms with Gasteiger partial charge in [0.15, 0.2) is 11.5 Å². The molecule has 26 heavy (non-hydrogen) atoms. The van der Waals surface area contributed by atoms with Crippen LogP contribution in [0.5, 0.6) is 11.5 Å². The molecule has 0 unspecified atom stereocenters. The fourth-order valence-corrected chi connectivity index (χ4v) is 2.54. The van der Waals surface area contributed by atoms with Crippen molar-refractivity contribution < 1.29 is 9.68 Å². The van der Waals surface area contributed by atoms with Crippen LogP contribution in [0.1, 0.15) is 25.2 Å². The van der Waals surface area contributed by atoms with E-state index >= 15 is 0 Å². The van der Waals surface area contributed by atoms with E-state index in [1.54, 1.807) is 0 Å². The molecule has 0 aliphatic heterocycles. The molecule has 3 aromatic rings. The smallest absolute Gasteiger partial charge is 0.157 e. The van der Waals surface area contributed by atoms with Crippen molar-refractivity contribution in [1.29, 1.82) is 0 Å². The molecule has 1 aromatic heterocycles. The molecular weight excluding hydrogens is 326 g/mol. The summed E-state index contributed by atoms with van der Waals surface area (Å²) in [5.41, 5.74) is 3.45. The Morgan fingerprint density at radius 3 is 1.42 bits per heavy atom. The average Bonchev–Trinajstić information content (AvgIpc) is 3.07. The number of rotatable bonds is 6. The first-order chi connectivity index (χ1) is 12.6. The van der Waals surface area contributed by atoms with Crippen molar-refractivity contribution in [3.8, 4) is 11.5 Å². The molecule has 0 atom stereocenters. The molecular formula is C21H21N3O2. The number of para-hydroxylation sites is 2. The monoisotopic (exact) mass is 347 g/mol. The first-order valence-electron chi connectivity index (χ1n) is 8.35. The number of hydrogen-bond donors (Lipinski definition) is 0. The highest BCUT2D eigenvalue weighted by Gasteiger charge is 2.11. The van der Waals surface area contributed by atoms with Gasteiger partial charge in [0.2, 0.25) is 0 Å². The topological polar surface area (TPSA) is 48.1 Å². The molecule has 0 aliphatic rings. The molecule has 0 N–H and O–H groups in total. The van der Waals surface area contributed by atoms with E-state index in [2.05, 4.69) is 10.3 Å². The van der Waals surface area contributed by atoms with Crippen LogP contribution in [0, 0.1) is 0 Å². The maximum absolute atomic E-state index is 5.47. The van der Waals surface area contributed by atoms with Gasteiger partial charge in [0.25, 0.3) is 0 Å². The minimum Gasteiger partial charge on any atom is -0.357 e. The second kappa shape index (κ2) is 8.16. The minimum absolute atomic E-state index is 0.704. The van der Waals surface area contributed by atoms with Gasteiger partial charge in [-0.2, -0.15) is 0 Å². The lowest BCUT2D eigenvalue weighted by Gasteiger charge is -2.07. The second-order valence-corrected chi connectivity index (χ2v) is 5.82. The predicted octanol–water partition coefficient (Wildman–Crippen LogP) is 4.63. The van der Waals surface area contributed by atoms with E-state index in [1.165, 1.54) is 0 Å². The van der Waals surface area contributed by atoms with Gasteiger partial charge >= 0.3 is 0 Å². The second-order valence-electron chi connectivity index (χ2n) is 5.82. The van der Waals surface area contributed by atoms with Crippen LogP contribution in [0.25, 0.3) is 0 Å². The van der Waals surface area contributed by atoms with Gasteiger partial charge in [-0.25, -0.2) is 0 Å². The Morgan fingerprint density at radius 2 is 1.04 bits per heavy atom. The minimum atomic E-state index is 0.704. The summed E-state index contributed by atoms with van der Waals surface area (Å²) in [6, 6.07) is 23.0. The van der Waals surface area contributed by atoms with Crippen LogP contribution in [0.2, 0.25) is 0 Å². The number of nitrogens with zero attached hydrogens (tertiary/aromatic N) is 3. The van der Waals surface area contributed by atoms with E-state index in [-0.39, 0.29) is 0 Å². The first-order valence-corrected chi connectivity index (χ1v) is 8.35. The zero-order chi connectivity index (χ0) is 18.4. The van der Waals surface area contributed by atoms with E-state index in [9.17, 15) is 0 Å². The van der Waals surface area contributed by atoms with Gasteiger partial charge < -0.3 is 14.2 Å². The lowest BCUT2D eigenvalue weighted by atomic mass is 10.3. The molecule has 0 amide bonds. The summed E-state index contributed by atoms with van der Waals surface area (Å²) in [5, 5.41) is 8.43. The Kier molecular flexibility index (Phi) is 5.49. The van der Waals surface area contributed by atoms with E-state index in [0.717, 1.165) is 22.8 Å². The van der Waals surface area contributed by atoms with Crippen molar-refractivity contribution in [1.82, 2.24) is 4.57 Å². The summed E-state index contributed by atoms with van der Waals surface area (Å²) in [4.78, 5) is 10.9. The SMILES string of the molecule is C/C(=N\Oc1ccccc1)c1ccc(/C(C)=N/Oc2ccccc2)n1C. The summed E-state index contributed by atoms with van der Waals surface area (Å²) in [6.45, 7) is 3.82. The summed E-state index contributed by atoms with van der Waals surface area (Å²) in [5.74, 6) is 1.41. The molecule has 3 rings (SSSR count). The van der Waals surface area contributed by atoms with Crippen LogP contribution in [0.4, 0.5) is 0 Å². The predicted molar refractivity (Wildman–Crippen MR) is 104 cm³/mol. The third-order valence-corrected chi connectivity index (χ3v) is 3.93. The number of oxime groups is 2. The van der Waals surface area contributed by atoms with Gasteiger partial charge in [0.1, 0.15) is 11.4 Å². The van der Waals surface area contributed by atoms with Gasteiger partial charge in [-0.05, 0) is 50.2 Å². The van der Waals surface area contributed by atoms with Gasteiger partial charge in [-0.15, -0.1) is 0 Å². The molecule has 1 heterocycles. The normalized spacial score (nSPS) is 12.1. The van der Waals surface area contributed by atoms with Gasteiger partial charge in [-0.3, -0.25) is 0 Å². The van der Waals surface area contributed by atoms with Gasteiger partial charge in [-0.1, -0.05) is 46.7 Å². The molecule has 0 saturated heterocycles. The molecule has 5 nitrogen and oxygen atoms in total. The van der Waals surface area contributed by atoms with Crippen molar-refractivity contribution in [2.45, 2.75) is 13.8 Å². The fraction of sp³-hybridized carbons (Fsp3) is 0.143. The molecule has 0 saturated carbocycles. The summed E-state index contributed by atoms with van der Waals surface area (Å²) >= 11 is 0. The number of hydrogen-bond acceptors (Lipinski definition) is 4. The molecule has 2 aromatic carbocycles. The Bertz CT molecular complexity index is 838. The maximum Gasteiger partial charge on any atom is 0.157 e. The average molecular weight is 347 g/mol. The van der Waals surface area contributed by atoms with E-state index in [1.807, 2.05) is 98.3 Å². The van der Waals surface area contributed by atoms with Gasteiger partial charge in [0, 0.05) is 7.05 Å². The molecule has 0 bridgehead atoms. The Morgan fingerprint density at radius 1 is 0.654 bits per heavy atom. The van der Waals surface area contributed by atoms with Gasteiger partial charge in [0.05, 0.1) is 11.4 Å². The highest BCUT2D eigenvalue weighted by molar-refractivity contribution is 6.02. The largest absolute Gasteiger partial charge is 0.357 e. The lowest BCUT2D eigenvalue weighted by Crippen LogP contribution is -2.10. The molecule has 0 radical (unpaired) electrons. The third-order valence-electron chi connectivity index (χ3n) is 3.93. The molecule has 0 aliphatic carbocycles. The highest BCUT2D eigenvalue weighted by atomic mass is 16.6. The summed E-state index contributed by atoms with van der Waals surface area (Å²) in [7, 11) is 1.97. The highest BCUT2D eigenvalue weighted by Crippen LogP contribution is 2.14. The molecule has 0 spiro atoms.